The number of benzene rings is 1. The number of aryl methyl sites for hydroxylation is 3. The summed E-state index contributed by atoms with van der Waals surface area (Å²) in [5.74, 6) is 0.866. The predicted molar refractivity (Wildman–Crippen MR) is 82.3 cm³/mol. The van der Waals surface area contributed by atoms with Crippen LogP contribution in [0.4, 0.5) is 5.82 Å². The molecule has 0 saturated carbocycles. The summed E-state index contributed by atoms with van der Waals surface area (Å²) in [4.78, 5) is 0.372. The molecule has 0 aliphatic rings. The highest BCUT2D eigenvalue weighted by Crippen LogP contribution is 2.19. The minimum Gasteiger partial charge on any atom is -0.389 e. The molecule has 0 spiro atoms. The lowest BCUT2D eigenvalue weighted by Gasteiger charge is -2.09. The molecule has 1 aromatic heterocycles. The first-order chi connectivity index (χ1) is 8.99. The van der Waals surface area contributed by atoms with Crippen LogP contribution in [-0.2, 0) is 13.6 Å². The van der Waals surface area contributed by atoms with Crippen LogP contribution in [0.5, 0.6) is 0 Å². The fourth-order valence-corrected chi connectivity index (χ4v) is 2.29. The van der Waals surface area contributed by atoms with Gasteiger partial charge in [-0.1, -0.05) is 42.0 Å². The van der Waals surface area contributed by atoms with Crippen molar-refractivity contribution in [2.75, 3.05) is 5.32 Å². The molecule has 0 aliphatic heterocycles. The number of hydrogen-bond donors (Lipinski definition) is 2. The van der Waals surface area contributed by atoms with Crippen molar-refractivity contribution in [1.82, 2.24) is 9.78 Å². The third-order valence-electron chi connectivity index (χ3n) is 3.05. The maximum atomic E-state index is 5.76. The Kier molecular flexibility index (Phi) is 3.85. The monoisotopic (exact) mass is 274 g/mol. The maximum absolute atomic E-state index is 5.76. The summed E-state index contributed by atoms with van der Waals surface area (Å²) in [5.41, 5.74) is 9.89. The van der Waals surface area contributed by atoms with E-state index in [-0.39, 0.29) is 0 Å². The number of rotatable bonds is 4. The van der Waals surface area contributed by atoms with Crippen LogP contribution in [0.15, 0.2) is 24.3 Å². The molecule has 0 aliphatic carbocycles. The normalized spacial score (nSPS) is 10.5. The predicted octanol–water partition coefficient (Wildman–Crippen LogP) is 2.28. The zero-order chi connectivity index (χ0) is 14.0. The number of nitrogens with two attached hydrogens (primary N) is 1. The molecule has 0 atom stereocenters. The first-order valence-corrected chi connectivity index (χ1v) is 6.52. The van der Waals surface area contributed by atoms with Gasteiger partial charge in [-0.2, -0.15) is 5.10 Å². The molecule has 4 nitrogen and oxygen atoms in total. The molecule has 0 amide bonds. The van der Waals surface area contributed by atoms with E-state index in [0.29, 0.717) is 4.99 Å². The van der Waals surface area contributed by atoms with Gasteiger partial charge < -0.3 is 11.1 Å². The fourth-order valence-electron chi connectivity index (χ4n) is 2.05. The average molecular weight is 274 g/mol. The van der Waals surface area contributed by atoms with Crippen LogP contribution in [-0.4, -0.2) is 14.8 Å². The van der Waals surface area contributed by atoms with E-state index >= 15 is 0 Å². The van der Waals surface area contributed by atoms with Crippen LogP contribution in [0.25, 0.3) is 0 Å². The van der Waals surface area contributed by atoms with E-state index in [1.165, 1.54) is 11.1 Å². The number of aromatic nitrogens is 2. The lowest BCUT2D eigenvalue weighted by Crippen LogP contribution is -2.14. The average Bonchev–Trinajstić information content (AvgIpc) is 2.63. The summed E-state index contributed by atoms with van der Waals surface area (Å²) in [7, 11) is 1.88. The second-order valence-electron chi connectivity index (χ2n) is 4.64. The zero-order valence-electron chi connectivity index (χ0n) is 11.4. The van der Waals surface area contributed by atoms with Gasteiger partial charge in [0.05, 0.1) is 11.3 Å². The first-order valence-electron chi connectivity index (χ1n) is 6.12. The highest BCUT2D eigenvalue weighted by atomic mass is 32.1. The van der Waals surface area contributed by atoms with Gasteiger partial charge in [0.2, 0.25) is 0 Å². The molecule has 5 heteroatoms. The fraction of sp³-hybridized carbons (Fsp3) is 0.286. The Bertz CT molecular complexity index is 599. The lowest BCUT2D eigenvalue weighted by atomic mass is 10.1. The molecule has 2 aromatic rings. The second-order valence-corrected chi connectivity index (χ2v) is 5.08. The number of hydrogen-bond acceptors (Lipinski definition) is 3. The molecule has 1 heterocycles. The second kappa shape index (κ2) is 5.40. The number of nitrogens with zero attached hydrogens (tertiary/aromatic N) is 2. The number of anilines is 1. The SMILES string of the molecule is Cc1ccc(CNc2c(C(N)=S)c(C)nn2C)cc1. The van der Waals surface area contributed by atoms with E-state index in [0.717, 1.165) is 23.6 Å². The smallest absolute Gasteiger partial charge is 0.134 e. The molecule has 3 N–H and O–H groups in total. The molecule has 100 valence electrons. The highest BCUT2D eigenvalue weighted by molar-refractivity contribution is 7.80. The van der Waals surface area contributed by atoms with Gasteiger partial charge in [0.1, 0.15) is 10.8 Å². The highest BCUT2D eigenvalue weighted by Gasteiger charge is 2.14. The van der Waals surface area contributed by atoms with Gasteiger partial charge in [0.15, 0.2) is 0 Å². The van der Waals surface area contributed by atoms with E-state index in [1.807, 2.05) is 14.0 Å². The van der Waals surface area contributed by atoms with E-state index in [4.69, 9.17) is 18.0 Å². The number of thiocarbonyl (C=S) groups is 1. The summed E-state index contributed by atoms with van der Waals surface area (Å²) in [6, 6.07) is 8.40. The Balaban J connectivity index is 2.20. The van der Waals surface area contributed by atoms with Crippen LogP contribution >= 0.6 is 12.2 Å². The molecule has 0 unspecified atom stereocenters. The van der Waals surface area contributed by atoms with Crippen molar-refractivity contribution < 1.29 is 0 Å². The Morgan fingerprint density at radius 1 is 1.32 bits per heavy atom. The van der Waals surface area contributed by atoms with Crippen molar-refractivity contribution in [3.05, 3.63) is 46.6 Å². The van der Waals surface area contributed by atoms with Crippen LogP contribution in [0, 0.1) is 13.8 Å². The molecule has 1 aromatic carbocycles. The standard InChI is InChI=1S/C14H18N4S/c1-9-4-6-11(7-5-9)8-16-14-12(13(15)19)10(2)17-18(14)3/h4-7,16H,8H2,1-3H3,(H2,15,19). The molecule has 0 bridgehead atoms. The van der Waals surface area contributed by atoms with Crippen LogP contribution in [0.1, 0.15) is 22.4 Å². The summed E-state index contributed by atoms with van der Waals surface area (Å²) >= 11 is 5.08. The summed E-state index contributed by atoms with van der Waals surface area (Å²) in [6.45, 7) is 4.70. The van der Waals surface area contributed by atoms with Gasteiger partial charge in [-0.05, 0) is 19.4 Å². The third-order valence-corrected chi connectivity index (χ3v) is 3.25. The van der Waals surface area contributed by atoms with Crippen molar-refractivity contribution in [2.24, 2.45) is 12.8 Å². The Morgan fingerprint density at radius 3 is 2.53 bits per heavy atom. The van der Waals surface area contributed by atoms with Crippen molar-refractivity contribution >= 4 is 23.0 Å². The van der Waals surface area contributed by atoms with Crippen LogP contribution < -0.4 is 11.1 Å². The maximum Gasteiger partial charge on any atom is 0.134 e. The minimum atomic E-state index is 0.372. The van der Waals surface area contributed by atoms with E-state index in [1.54, 1.807) is 4.68 Å². The molecular formula is C14H18N4S. The van der Waals surface area contributed by atoms with Gasteiger partial charge >= 0.3 is 0 Å². The van der Waals surface area contributed by atoms with Crippen LogP contribution in [0.2, 0.25) is 0 Å². The third kappa shape index (κ3) is 2.93. The summed E-state index contributed by atoms with van der Waals surface area (Å²) < 4.78 is 1.78. The largest absolute Gasteiger partial charge is 0.389 e. The van der Waals surface area contributed by atoms with Gasteiger partial charge in [0, 0.05) is 13.6 Å². The Hall–Kier alpha value is -1.88. The van der Waals surface area contributed by atoms with E-state index in [2.05, 4.69) is 41.6 Å². The van der Waals surface area contributed by atoms with Crippen LogP contribution in [0.3, 0.4) is 0 Å². The van der Waals surface area contributed by atoms with Gasteiger partial charge in [0.25, 0.3) is 0 Å². The Morgan fingerprint density at radius 2 is 1.95 bits per heavy atom. The van der Waals surface area contributed by atoms with Crippen molar-refractivity contribution in [3.8, 4) is 0 Å². The number of nitrogens with one attached hydrogen (secondary N) is 1. The van der Waals surface area contributed by atoms with Gasteiger partial charge in [-0.15, -0.1) is 0 Å². The van der Waals surface area contributed by atoms with Gasteiger partial charge in [-0.25, -0.2) is 0 Å². The van der Waals surface area contributed by atoms with E-state index in [9.17, 15) is 0 Å². The van der Waals surface area contributed by atoms with Gasteiger partial charge in [-0.3, -0.25) is 4.68 Å². The first kappa shape index (κ1) is 13.5. The molecule has 0 saturated heterocycles. The lowest BCUT2D eigenvalue weighted by molar-refractivity contribution is 0.758. The summed E-state index contributed by atoms with van der Waals surface area (Å²) in [6.07, 6.45) is 0. The van der Waals surface area contributed by atoms with Crippen molar-refractivity contribution in [3.63, 3.8) is 0 Å². The quantitative estimate of drug-likeness (QED) is 0.840. The van der Waals surface area contributed by atoms with Crippen molar-refractivity contribution in [2.45, 2.75) is 20.4 Å². The van der Waals surface area contributed by atoms with Crippen molar-refractivity contribution in [1.29, 1.82) is 0 Å². The molecule has 2 rings (SSSR count). The zero-order valence-corrected chi connectivity index (χ0v) is 12.2. The Labute approximate surface area is 118 Å². The summed E-state index contributed by atoms with van der Waals surface area (Å²) in [5, 5.41) is 7.70. The molecule has 0 radical (unpaired) electrons. The van der Waals surface area contributed by atoms with E-state index < -0.39 is 0 Å². The minimum absolute atomic E-state index is 0.372. The topological polar surface area (TPSA) is 55.9 Å². The molecule has 19 heavy (non-hydrogen) atoms. The molecule has 0 fully saturated rings. The molecular weight excluding hydrogens is 256 g/mol.